The van der Waals surface area contributed by atoms with E-state index in [1.165, 1.54) is 11.3 Å². The number of piperazine rings is 1. The summed E-state index contributed by atoms with van der Waals surface area (Å²) in [5.41, 5.74) is 0.589. The highest BCUT2D eigenvalue weighted by molar-refractivity contribution is 7.09. The van der Waals surface area contributed by atoms with Gasteiger partial charge in [0.15, 0.2) is 0 Å². The van der Waals surface area contributed by atoms with Crippen molar-refractivity contribution in [2.24, 2.45) is 0 Å². The van der Waals surface area contributed by atoms with E-state index >= 15 is 0 Å². The van der Waals surface area contributed by atoms with E-state index in [0.29, 0.717) is 11.7 Å². The molecule has 2 heterocycles. The largest absolute Gasteiger partial charge is 0.334 e. The molecule has 82 valence electrons. The molecule has 15 heavy (non-hydrogen) atoms. The van der Waals surface area contributed by atoms with E-state index in [1.807, 2.05) is 17.2 Å². The van der Waals surface area contributed by atoms with Crippen molar-refractivity contribution in [1.29, 1.82) is 0 Å². The Morgan fingerprint density at radius 2 is 2.53 bits per heavy atom. The summed E-state index contributed by atoms with van der Waals surface area (Å²) in [6.07, 6.45) is 0. The van der Waals surface area contributed by atoms with Gasteiger partial charge in [-0.3, -0.25) is 4.79 Å². The first-order chi connectivity index (χ1) is 7.16. The number of carbonyl (C=O) groups is 1. The molecular formula is C10H15N3OS. The molecule has 0 unspecified atom stereocenters. The van der Waals surface area contributed by atoms with Gasteiger partial charge in [0.25, 0.3) is 5.91 Å². The predicted molar refractivity (Wildman–Crippen MR) is 60.2 cm³/mol. The van der Waals surface area contributed by atoms with Gasteiger partial charge in [0.1, 0.15) is 5.69 Å². The van der Waals surface area contributed by atoms with Crippen molar-refractivity contribution in [2.45, 2.75) is 19.9 Å². The van der Waals surface area contributed by atoms with Gasteiger partial charge in [0.2, 0.25) is 0 Å². The van der Waals surface area contributed by atoms with E-state index in [2.05, 4.69) is 17.2 Å². The summed E-state index contributed by atoms with van der Waals surface area (Å²) in [6.45, 7) is 6.43. The standard InChI is InChI=1S/C10H15N3OS/c1-7-5-13(4-3-11-7)10(14)9-6-15-8(2)12-9/h6-7,11H,3-5H2,1-2H3/t7-/m0/s1. The highest BCUT2D eigenvalue weighted by Gasteiger charge is 2.22. The fraction of sp³-hybridized carbons (Fsp3) is 0.600. The third kappa shape index (κ3) is 2.35. The van der Waals surface area contributed by atoms with Crippen molar-refractivity contribution >= 4 is 17.2 Å². The summed E-state index contributed by atoms with van der Waals surface area (Å²) >= 11 is 1.52. The number of aryl methyl sites for hydroxylation is 1. The zero-order valence-electron chi connectivity index (χ0n) is 8.99. The topological polar surface area (TPSA) is 45.2 Å². The highest BCUT2D eigenvalue weighted by Crippen LogP contribution is 2.11. The molecule has 4 nitrogen and oxygen atoms in total. The number of hydrogen-bond donors (Lipinski definition) is 1. The maximum Gasteiger partial charge on any atom is 0.273 e. The molecule has 0 bridgehead atoms. The molecule has 1 N–H and O–H groups in total. The van der Waals surface area contributed by atoms with Gasteiger partial charge >= 0.3 is 0 Å². The first-order valence-corrected chi connectivity index (χ1v) is 5.99. The third-order valence-electron chi connectivity index (χ3n) is 2.49. The summed E-state index contributed by atoms with van der Waals surface area (Å²) < 4.78 is 0. The number of carbonyl (C=O) groups excluding carboxylic acids is 1. The highest BCUT2D eigenvalue weighted by atomic mass is 32.1. The minimum absolute atomic E-state index is 0.0627. The monoisotopic (exact) mass is 225 g/mol. The van der Waals surface area contributed by atoms with E-state index < -0.39 is 0 Å². The van der Waals surface area contributed by atoms with Crippen LogP contribution in [0.15, 0.2) is 5.38 Å². The minimum atomic E-state index is 0.0627. The van der Waals surface area contributed by atoms with E-state index in [0.717, 1.165) is 24.6 Å². The summed E-state index contributed by atoms with van der Waals surface area (Å²) in [6, 6.07) is 0.377. The Morgan fingerprint density at radius 1 is 1.73 bits per heavy atom. The number of amides is 1. The lowest BCUT2D eigenvalue weighted by molar-refractivity contribution is 0.0704. The van der Waals surface area contributed by atoms with Crippen LogP contribution in [0.1, 0.15) is 22.4 Å². The van der Waals surface area contributed by atoms with Crippen molar-refractivity contribution in [1.82, 2.24) is 15.2 Å². The molecule has 1 amide bonds. The van der Waals surface area contributed by atoms with Gasteiger partial charge in [0, 0.05) is 31.1 Å². The Morgan fingerprint density at radius 3 is 3.13 bits per heavy atom. The second-order valence-electron chi connectivity index (χ2n) is 3.86. The fourth-order valence-corrected chi connectivity index (χ4v) is 2.33. The molecule has 1 aliphatic rings. The second kappa shape index (κ2) is 4.28. The smallest absolute Gasteiger partial charge is 0.273 e. The lowest BCUT2D eigenvalue weighted by Crippen LogP contribution is -2.51. The molecule has 5 heteroatoms. The van der Waals surface area contributed by atoms with E-state index in [4.69, 9.17) is 0 Å². The number of hydrogen-bond acceptors (Lipinski definition) is 4. The Bertz CT molecular complexity index is 363. The van der Waals surface area contributed by atoms with Gasteiger partial charge in [-0.2, -0.15) is 0 Å². The molecule has 0 radical (unpaired) electrons. The van der Waals surface area contributed by atoms with Crippen LogP contribution in [-0.2, 0) is 0 Å². The third-order valence-corrected chi connectivity index (χ3v) is 3.27. The second-order valence-corrected chi connectivity index (χ2v) is 4.92. The minimum Gasteiger partial charge on any atom is -0.334 e. The lowest BCUT2D eigenvalue weighted by Gasteiger charge is -2.31. The first kappa shape index (κ1) is 10.6. The average molecular weight is 225 g/mol. The molecule has 0 aliphatic carbocycles. The van der Waals surface area contributed by atoms with Crippen LogP contribution >= 0.6 is 11.3 Å². The van der Waals surface area contributed by atoms with Gasteiger partial charge in [-0.05, 0) is 13.8 Å². The number of thiazole rings is 1. The molecule has 0 spiro atoms. The molecule has 2 rings (SSSR count). The number of aromatic nitrogens is 1. The lowest BCUT2D eigenvalue weighted by atomic mass is 10.2. The van der Waals surface area contributed by atoms with Crippen molar-refractivity contribution in [2.75, 3.05) is 19.6 Å². The van der Waals surface area contributed by atoms with Gasteiger partial charge in [0.05, 0.1) is 5.01 Å². The molecule has 1 aromatic rings. The van der Waals surface area contributed by atoms with Crippen LogP contribution < -0.4 is 5.32 Å². The molecule has 0 aromatic carbocycles. The Balaban J connectivity index is 2.07. The molecule has 1 saturated heterocycles. The van der Waals surface area contributed by atoms with E-state index in [9.17, 15) is 4.79 Å². The van der Waals surface area contributed by atoms with Crippen molar-refractivity contribution in [3.8, 4) is 0 Å². The van der Waals surface area contributed by atoms with Crippen LogP contribution in [-0.4, -0.2) is 41.5 Å². The van der Waals surface area contributed by atoms with Crippen molar-refractivity contribution < 1.29 is 4.79 Å². The summed E-state index contributed by atoms with van der Waals surface area (Å²) in [5.74, 6) is 0.0627. The van der Waals surface area contributed by atoms with E-state index in [1.54, 1.807) is 0 Å². The SMILES string of the molecule is Cc1nc(C(=O)N2CCN[C@@H](C)C2)cs1. The zero-order valence-corrected chi connectivity index (χ0v) is 9.80. The maximum atomic E-state index is 12.0. The first-order valence-electron chi connectivity index (χ1n) is 5.11. The molecule has 1 atom stereocenters. The number of nitrogens with zero attached hydrogens (tertiary/aromatic N) is 2. The molecular weight excluding hydrogens is 210 g/mol. The van der Waals surface area contributed by atoms with Crippen molar-refractivity contribution in [3.63, 3.8) is 0 Å². The summed E-state index contributed by atoms with van der Waals surface area (Å²) in [7, 11) is 0. The zero-order chi connectivity index (χ0) is 10.8. The van der Waals surface area contributed by atoms with Crippen LogP contribution in [0.4, 0.5) is 0 Å². The van der Waals surface area contributed by atoms with Crippen LogP contribution in [0.5, 0.6) is 0 Å². The Kier molecular flexibility index (Phi) is 3.02. The summed E-state index contributed by atoms with van der Waals surface area (Å²) in [5, 5.41) is 6.10. The fourth-order valence-electron chi connectivity index (χ4n) is 1.74. The quantitative estimate of drug-likeness (QED) is 0.772. The average Bonchev–Trinajstić information content (AvgIpc) is 2.64. The molecule has 0 saturated carbocycles. The summed E-state index contributed by atoms with van der Waals surface area (Å²) in [4.78, 5) is 18.1. The molecule has 1 aliphatic heterocycles. The Hall–Kier alpha value is -0.940. The predicted octanol–water partition coefficient (Wildman–Crippen LogP) is 0.885. The van der Waals surface area contributed by atoms with Crippen LogP contribution in [0.25, 0.3) is 0 Å². The van der Waals surface area contributed by atoms with Gasteiger partial charge in [-0.15, -0.1) is 11.3 Å². The van der Waals surface area contributed by atoms with Gasteiger partial charge < -0.3 is 10.2 Å². The number of nitrogens with one attached hydrogen (secondary N) is 1. The normalized spacial score (nSPS) is 21.7. The molecule has 1 aromatic heterocycles. The van der Waals surface area contributed by atoms with E-state index in [-0.39, 0.29) is 5.91 Å². The number of rotatable bonds is 1. The van der Waals surface area contributed by atoms with Crippen molar-refractivity contribution in [3.05, 3.63) is 16.1 Å². The Labute approximate surface area is 93.3 Å². The van der Waals surface area contributed by atoms with Gasteiger partial charge in [-0.1, -0.05) is 0 Å². The van der Waals surface area contributed by atoms with Gasteiger partial charge in [-0.25, -0.2) is 4.98 Å². The molecule has 1 fully saturated rings. The van der Waals surface area contributed by atoms with Crippen LogP contribution in [0, 0.1) is 6.92 Å². The van der Waals surface area contributed by atoms with Crippen LogP contribution in [0.2, 0.25) is 0 Å². The maximum absolute atomic E-state index is 12.0. The van der Waals surface area contributed by atoms with Crippen LogP contribution in [0.3, 0.4) is 0 Å².